The SMILES string of the molecule is CC(C)Oc1ccccc1N1C(=O)C(c2cccs2)=C(N(C)C2CCN(C)CC2)C1=O. The maximum Gasteiger partial charge on any atom is 0.282 e. The number of ether oxygens (including phenoxy) is 1. The molecule has 0 saturated carbocycles. The number of imide groups is 1. The number of thiophene rings is 1. The van der Waals surface area contributed by atoms with Crippen LogP contribution in [-0.2, 0) is 9.59 Å². The minimum atomic E-state index is -0.290. The molecule has 0 N–H and O–H groups in total. The number of carbonyl (C=O) groups excluding carboxylic acids is 2. The first-order chi connectivity index (χ1) is 14.9. The number of para-hydroxylation sites is 2. The Morgan fingerprint density at radius 1 is 1.06 bits per heavy atom. The number of amides is 2. The van der Waals surface area contributed by atoms with Crippen molar-refractivity contribution in [3.05, 3.63) is 52.4 Å². The Morgan fingerprint density at radius 3 is 2.42 bits per heavy atom. The maximum absolute atomic E-state index is 13.8. The van der Waals surface area contributed by atoms with Crippen molar-refractivity contribution < 1.29 is 14.3 Å². The highest BCUT2D eigenvalue weighted by atomic mass is 32.1. The van der Waals surface area contributed by atoms with Gasteiger partial charge in [-0.15, -0.1) is 11.3 Å². The summed E-state index contributed by atoms with van der Waals surface area (Å²) in [5.74, 6) is -0.0374. The van der Waals surface area contributed by atoms with E-state index in [1.54, 1.807) is 12.1 Å². The molecule has 2 aliphatic heterocycles. The Labute approximate surface area is 187 Å². The van der Waals surface area contributed by atoms with Crippen molar-refractivity contribution in [2.75, 3.05) is 32.1 Å². The largest absolute Gasteiger partial charge is 0.489 e. The quantitative estimate of drug-likeness (QED) is 0.640. The van der Waals surface area contributed by atoms with Crippen LogP contribution in [0.5, 0.6) is 5.75 Å². The van der Waals surface area contributed by atoms with Crippen LogP contribution in [0.3, 0.4) is 0 Å². The minimum Gasteiger partial charge on any atom is -0.489 e. The first kappa shape index (κ1) is 21.6. The van der Waals surface area contributed by atoms with Crippen LogP contribution < -0.4 is 9.64 Å². The Morgan fingerprint density at radius 2 is 1.77 bits per heavy atom. The summed E-state index contributed by atoms with van der Waals surface area (Å²) in [7, 11) is 4.06. The number of piperidine rings is 1. The zero-order valence-corrected chi connectivity index (χ0v) is 19.3. The standard InChI is InChI=1S/C24H29N3O3S/c1-16(2)30-19-9-6-5-8-18(19)27-23(28)21(20-10-7-15-31-20)22(24(27)29)26(4)17-11-13-25(3)14-12-17/h5-10,15-17H,11-14H2,1-4H3. The number of likely N-dealkylation sites (tertiary alicyclic amines) is 1. The van der Waals surface area contributed by atoms with Crippen LogP contribution >= 0.6 is 11.3 Å². The highest BCUT2D eigenvalue weighted by molar-refractivity contribution is 7.11. The van der Waals surface area contributed by atoms with Crippen LogP contribution in [0.25, 0.3) is 5.57 Å². The molecule has 2 amide bonds. The topological polar surface area (TPSA) is 53.1 Å². The van der Waals surface area contributed by atoms with E-state index in [-0.39, 0.29) is 24.0 Å². The molecule has 1 saturated heterocycles. The normalized spacial score (nSPS) is 18.4. The van der Waals surface area contributed by atoms with E-state index < -0.39 is 0 Å². The molecule has 164 valence electrons. The fraction of sp³-hybridized carbons (Fsp3) is 0.417. The Bertz CT molecular complexity index is 991. The molecule has 2 aromatic rings. The zero-order chi connectivity index (χ0) is 22.1. The van der Waals surface area contributed by atoms with E-state index in [9.17, 15) is 9.59 Å². The summed E-state index contributed by atoms with van der Waals surface area (Å²) in [6, 6.07) is 11.3. The smallest absolute Gasteiger partial charge is 0.282 e. The average molecular weight is 440 g/mol. The molecule has 6 nitrogen and oxygen atoms in total. The third-order valence-corrected chi connectivity index (χ3v) is 6.77. The fourth-order valence-corrected chi connectivity index (χ4v) is 5.03. The van der Waals surface area contributed by atoms with Crippen molar-refractivity contribution in [3.8, 4) is 5.75 Å². The van der Waals surface area contributed by atoms with Gasteiger partial charge in [-0.2, -0.15) is 0 Å². The summed E-state index contributed by atoms with van der Waals surface area (Å²) in [6.07, 6.45) is 1.85. The van der Waals surface area contributed by atoms with Crippen LogP contribution in [0, 0.1) is 0 Å². The molecule has 0 unspecified atom stereocenters. The van der Waals surface area contributed by atoms with Gasteiger partial charge in [0.2, 0.25) is 0 Å². The average Bonchev–Trinajstić information content (AvgIpc) is 3.34. The van der Waals surface area contributed by atoms with Gasteiger partial charge in [0, 0.05) is 18.0 Å². The van der Waals surface area contributed by atoms with Crippen molar-refractivity contribution in [1.82, 2.24) is 9.80 Å². The molecule has 0 bridgehead atoms. The van der Waals surface area contributed by atoms with E-state index in [2.05, 4.69) is 11.9 Å². The molecule has 3 heterocycles. The molecule has 1 fully saturated rings. The molecule has 4 rings (SSSR count). The molecule has 1 aromatic carbocycles. The van der Waals surface area contributed by atoms with Gasteiger partial charge in [0.1, 0.15) is 11.4 Å². The second kappa shape index (κ2) is 8.85. The van der Waals surface area contributed by atoms with Gasteiger partial charge in [-0.05, 0) is 70.4 Å². The lowest BCUT2D eigenvalue weighted by Crippen LogP contribution is -2.43. The molecular weight excluding hydrogens is 410 g/mol. The molecule has 1 aromatic heterocycles. The lowest BCUT2D eigenvalue weighted by Gasteiger charge is -2.36. The number of carbonyl (C=O) groups is 2. The molecule has 0 aliphatic carbocycles. The molecule has 7 heteroatoms. The number of hydrogen-bond donors (Lipinski definition) is 0. The lowest BCUT2D eigenvalue weighted by molar-refractivity contribution is -0.120. The van der Waals surface area contributed by atoms with Gasteiger partial charge in [0.25, 0.3) is 11.8 Å². The molecule has 0 spiro atoms. The fourth-order valence-electron chi connectivity index (χ4n) is 4.27. The van der Waals surface area contributed by atoms with E-state index in [0.717, 1.165) is 30.8 Å². The highest BCUT2D eigenvalue weighted by Gasteiger charge is 2.44. The summed E-state index contributed by atoms with van der Waals surface area (Å²) in [6.45, 7) is 5.82. The van der Waals surface area contributed by atoms with Gasteiger partial charge in [0.05, 0.1) is 17.4 Å². The maximum atomic E-state index is 13.8. The first-order valence-electron chi connectivity index (χ1n) is 10.7. The van der Waals surface area contributed by atoms with Gasteiger partial charge in [-0.1, -0.05) is 18.2 Å². The number of benzene rings is 1. The van der Waals surface area contributed by atoms with Crippen molar-refractivity contribution in [2.24, 2.45) is 0 Å². The number of hydrogen-bond acceptors (Lipinski definition) is 6. The Hall–Kier alpha value is -2.64. The van der Waals surface area contributed by atoms with Crippen LogP contribution in [0.1, 0.15) is 31.6 Å². The summed E-state index contributed by atoms with van der Waals surface area (Å²) >= 11 is 1.48. The number of nitrogens with zero attached hydrogens (tertiary/aromatic N) is 3. The van der Waals surface area contributed by atoms with E-state index in [1.807, 2.05) is 55.4 Å². The van der Waals surface area contributed by atoms with Crippen LogP contribution in [0.2, 0.25) is 0 Å². The second-order valence-electron chi connectivity index (χ2n) is 8.43. The van der Waals surface area contributed by atoms with E-state index in [4.69, 9.17) is 4.74 Å². The van der Waals surface area contributed by atoms with Crippen molar-refractivity contribution in [3.63, 3.8) is 0 Å². The highest BCUT2D eigenvalue weighted by Crippen LogP contribution is 2.40. The second-order valence-corrected chi connectivity index (χ2v) is 9.37. The van der Waals surface area contributed by atoms with Crippen LogP contribution in [0.15, 0.2) is 47.5 Å². The third kappa shape index (κ3) is 4.12. The van der Waals surface area contributed by atoms with Gasteiger partial charge in [-0.25, -0.2) is 4.90 Å². The zero-order valence-electron chi connectivity index (χ0n) is 18.5. The number of likely N-dealkylation sites (N-methyl/N-ethyl adjacent to an activating group) is 1. The molecule has 31 heavy (non-hydrogen) atoms. The minimum absolute atomic E-state index is 0.0694. The van der Waals surface area contributed by atoms with Gasteiger partial charge in [0.15, 0.2) is 0 Å². The van der Waals surface area contributed by atoms with E-state index in [0.29, 0.717) is 22.7 Å². The lowest BCUT2D eigenvalue weighted by atomic mass is 10.0. The number of anilines is 1. The Kier molecular flexibility index (Phi) is 6.16. The van der Waals surface area contributed by atoms with Crippen molar-refractivity contribution >= 4 is 34.4 Å². The summed E-state index contributed by atoms with van der Waals surface area (Å²) < 4.78 is 5.92. The molecule has 0 radical (unpaired) electrons. The number of rotatable bonds is 6. The predicted molar refractivity (Wildman–Crippen MR) is 124 cm³/mol. The van der Waals surface area contributed by atoms with Crippen molar-refractivity contribution in [2.45, 2.75) is 38.8 Å². The summed E-state index contributed by atoms with van der Waals surface area (Å²) in [5.41, 5.74) is 1.47. The molecule has 0 atom stereocenters. The summed E-state index contributed by atoms with van der Waals surface area (Å²) in [4.78, 5) is 33.9. The monoisotopic (exact) mass is 439 g/mol. The third-order valence-electron chi connectivity index (χ3n) is 5.88. The van der Waals surface area contributed by atoms with Gasteiger partial charge >= 0.3 is 0 Å². The van der Waals surface area contributed by atoms with Crippen LogP contribution in [-0.4, -0.2) is 60.9 Å². The van der Waals surface area contributed by atoms with Gasteiger partial charge < -0.3 is 14.5 Å². The van der Waals surface area contributed by atoms with Crippen molar-refractivity contribution in [1.29, 1.82) is 0 Å². The van der Waals surface area contributed by atoms with E-state index in [1.165, 1.54) is 16.2 Å². The molecule has 2 aliphatic rings. The van der Waals surface area contributed by atoms with Crippen LogP contribution in [0.4, 0.5) is 5.69 Å². The van der Waals surface area contributed by atoms with E-state index >= 15 is 0 Å². The summed E-state index contributed by atoms with van der Waals surface area (Å²) in [5, 5.41) is 1.94. The Balaban J connectivity index is 1.76. The molecular formula is C24H29N3O3S. The first-order valence-corrected chi connectivity index (χ1v) is 11.6. The van der Waals surface area contributed by atoms with Gasteiger partial charge in [-0.3, -0.25) is 9.59 Å². The predicted octanol–water partition coefficient (Wildman–Crippen LogP) is 3.85.